The van der Waals surface area contributed by atoms with E-state index < -0.39 is 161 Å². The number of nitrogens with zero attached hydrogens (tertiary/aromatic N) is 8. The summed E-state index contributed by atoms with van der Waals surface area (Å²) < 4.78 is 0. The van der Waals surface area contributed by atoms with Crippen LogP contribution in [0.15, 0.2) is 12.2 Å². The van der Waals surface area contributed by atoms with Crippen molar-refractivity contribution in [2.45, 2.75) is 236 Å². The molecule has 0 aromatic rings. The van der Waals surface area contributed by atoms with Crippen molar-refractivity contribution in [2.24, 2.45) is 41.4 Å². The summed E-state index contributed by atoms with van der Waals surface area (Å²) in [7, 11) is 10.1. The van der Waals surface area contributed by atoms with Crippen molar-refractivity contribution in [2.75, 3.05) is 80.5 Å². The second-order valence-electron chi connectivity index (χ2n) is 28.0. The lowest BCUT2D eigenvalue weighted by Gasteiger charge is -2.41. The Labute approximate surface area is 562 Å². The molecular formula is C68H124N12O12S. The fourth-order valence-corrected chi connectivity index (χ4v) is 13.1. The largest absolute Gasteiger partial charge is 0.390 e. The first kappa shape index (κ1) is 85.2. The molecule has 1 aliphatic rings. The molecule has 0 saturated carbocycles. The van der Waals surface area contributed by atoms with Crippen LogP contribution < -0.4 is 21.3 Å². The van der Waals surface area contributed by atoms with E-state index in [0.29, 0.717) is 18.7 Å². The van der Waals surface area contributed by atoms with Gasteiger partial charge in [0.25, 0.3) is 0 Å². The van der Waals surface area contributed by atoms with Crippen molar-refractivity contribution in [3.8, 4) is 0 Å². The van der Waals surface area contributed by atoms with E-state index in [2.05, 4.69) is 26.2 Å². The van der Waals surface area contributed by atoms with Gasteiger partial charge in [-0.05, 0) is 107 Å². The SMILES string of the molecule is CC=CC[C@@H](C)[C@@H](O)[C@H]1C(=O)N[C@@H](CC)C(=O)N(C)[C@H](CSCCN(CC)CC)C(=O)N(C)[C@@H](C(C)C)C(=O)N[C@@H](C(C)C)C(=O)N(C)[C@@H](CC(C)C)C(=O)N[C@@H](C)C(=O)N[C@H](C)C(=O)N(C)[C@@H](CC(C)C)C(=O)N(C)[C@@H](CC(C)C)C(=O)N(C)[C@@H](C(C)C)C(=O)N1C. The minimum Gasteiger partial charge on any atom is -0.390 e. The van der Waals surface area contributed by atoms with Crippen LogP contribution >= 0.6 is 11.8 Å². The molecular weight excluding hydrogens is 1210 g/mol. The molecule has 0 unspecified atom stereocenters. The molecule has 0 aromatic carbocycles. The summed E-state index contributed by atoms with van der Waals surface area (Å²) in [6, 6.07) is -13.7. The van der Waals surface area contributed by atoms with Crippen LogP contribution in [-0.4, -0.2) is 262 Å². The Morgan fingerprint density at radius 2 is 0.882 bits per heavy atom. The maximum Gasteiger partial charge on any atom is 0.246 e. The molecule has 0 bridgehead atoms. The van der Waals surface area contributed by atoms with E-state index in [0.717, 1.165) is 18.0 Å². The first-order valence-corrected chi connectivity index (χ1v) is 35.0. The van der Waals surface area contributed by atoms with Crippen molar-refractivity contribution in [3.63, 3.8) is 0 Å². The summed E-state index contributed by atoms with van der Waals surface area (Å²) in [5.41, 5.74) is 0. The van der Waals surface area contributed by atoms with Crippen LogP contribution in [-0.2, 0) is 52.7 Å². The number of carbonyl (C=O) groups excluding carboxylic acids is 11. The molecule has 1 aliphatic heterocycles. The Morgan fingerprint density at radius 3 is 1.34 bits per heavy atom. The van der Waals surface area contributed by atoms with Crippen molar-refractivity contribution >= 4 is 76.7 Å². The van der Waals surface area contributed by atoms with E-state index in [1.807, 2.05) is 68.4 Å². The van der Waals surface area contributed by atoms with Crippen LogP contribution in [0.4, 0.5) is 0 Å². The molecule has 1 fully saturated rings. The third-order valence-electron chi connectivity index (χ3n) is 18.0. The lowest BCUT2D eigenvalue weighted by Crippen LogP contribution is -2.64. The molecule has 24 nitrogen and oxygen atoms in total. The summed E-state index contributed by atoms with van der Waals surface area (Å²) in [5, 5.41) is 23.5. The first-order chi connectivity index (χ1) is 43.1. The highest BCUT2D eigenvalue weighted by atomic mass is 32.2. The van der Waals surface area contributed by atoms with Gasteiger partial charge in [0.1, 0.15) is 66.5 Å². The lowest BCUT2D eigenvalue weighted by atomic mass is 9.91. The Bertz CT molecular complexity index is 2510. The average molecular weight is 1330 g/mol. The maximum absolute atomic E-state index is 15.4. The summed E-state index contributed by atoms with van der Waals surface area (Å²) in [6.45, 7) is 36.2. The highest BCUT2D eigenvalue weighted by Gasteiger charge is 2.46. The summed E-state index contributed by atoms with van der Waals surface area (Å²) in [5.74, 6) is -9.48. The van der Waals surface area contributed by atoms with Crippen molar-refractivity contribution in [1.82, 2.24) is 60.5 Å². The van der Waals surface area contributed by atoms with Crippen molar-refractivity contribution in [3.05, 3.63) is 12.2 Å². The van der Waals surface area contributed by atoms with Crippen LogP contribution in [0, 0.1) is 41.4 Å². The van der Waals surface area contributed by atoms with E-state index in [1.165, 1.54) is 104 Å². The molecule has 0 aromatic heterocycles. The Morgan fingerprint density at radius 1 is 0.462 bits per heavy atom. The smallest absolute Gasteiger partial charge is 0.246 e. The molecule has 1 heterocycles. The van der Waals surface area contributed by atoms with Crippen molar-refractivity contribution < 1.29 is 57.8 Å². The molecule has 25 heteroatoms. The topological polar surface area (TPSA) is 282 Å². The minimum atomic E-state index is -1.63. The third kappa shape index (κ3) is 24.1. The second-order valence-corrected chi connectivity index (χ2v) is 29.1. The molecule has 0 spiro atoms. The number of carbonyl (C=O) groups is 11. The van der Waals surface area contributed by atoms with Gasteiger partial charge in [-0.25, -0.2) is 0 Å². The number of aliphatic hydroxyl groups is 1. The zero-order valence-corrected chi connectivity index (χ0v) is 62.4. The molecule has 1 saturated heterocycles. The van der Waals surface area contributed by atoms with Gasteiger partial charge in [0, 0.05) is 67.4 Å². The number of thioether (sulfide) groups is 1. The number of hydrogen-bond donors (Lipinski definition) is 5. The monoisotopic (exact) mass is 1330 g/mol. The zero-order valence-electron chi connectivity index (χ0n) is 61.6. The predicted octanol–water partition coefficient (Wildman–Crippen LogP) is 4.32. The fourth-order valence-electron chi connectivity index (χ4n) is 11.9. The van der Waals surface area contributed by atoms with E-state index in [-0.39, 0.29) is 49.2 Å². The number of allylic oxidation sites excluding steroid dienone is 2. The molecule has 13 atom stereocenters. The second kappa shape index (κ2) is 39.9. The van der Waals surface area contributed by atoms with Gasteiger partial charge in [-0.1, -0.05) is 123 Å². The van der Waals surface area contributed by atoms with E-state index in [4.69, 9.17) is 0 Å². The number of rotatable bonds is 21. The summed E-state index contributed by atoms with van der Waals surface area (Å²) in [6.07, 6.45) is 2.86. The highest BCUT2D eigenvalue weighted by molar-refractivity contribution is 7.99. The summed E-state index contributed by atoms with van der Waals surface area (Å²) in [4.78, 5) is 175. The third-order valence-corrected chi connectivity index (χ3v) is 19.0. The molecule has 1 rings (SSSR count). The maximum atomic E-state index is 15.4. The van der Waals surface area contributed by atoms with E-state index >= 15 is 28.8 Å². The molecule has 11 amide bonds. The predicted molar refractivity (Wildman–Crippen MR) is 368 cm³/mol. The lowest BCUT2D eigenvalue weighted by molar-refractivity contribution is -0.157. The number of likely N-dealkylation sites (N-methyl/N-ethyl adjacent to an activating group) is 7. The summed E-state index contributed by atoms with van der Waals surface area (Å²) >= 11 is 1.44. The number of hydrogen-bond acceptors (Lipinski definition) is 14. The van der Waals surface area contributed by atoms with Crippen LogP contribution in [0.2, 0.25) is 0 Å². The van der Waals surface area contributed by atoms with Crippen LogP contribution in [0.5, 0.6) is 0 Å². The fraction of sp³-hybridized carbons (Fsp3) is 0.809. The van der Waals surface area contributed by atoms with Gasteiger partial charge in [0.05, 0.1) is 6.10 Å². The number of nitrogens with one attached hydrogen (secondary N) is 4. The quantitative estimate of drug-likeness (QED) is 0.0791. The average Bonchev–Trinajstić information content (AvgIpc) is 0.841. The van der Waals surface area contributed by atoms with Gasteiger partial charge in [-0.2, -0.15) is 11.8 Å². The van der Waals surface area contributed by atoms with Gasteiger partial charge >= 0.3 is 0 Å². The van der Waals surface area contributed by atoms with Crippen LogP contribution in [0.3, 0.4) is 0 Å². The highest BCUT2D eigenvalue weighted by Crippen LogP contribution is 2.26. The molecule has 93 heavy (non-hydrogen) atoms. The van der Waals surface area contributed by atoms with E-state index in [9.17, 15) is 29.1 Å². The first-order valence-electron chi connectivity index (χ1n) is 33.8. The van der Waals surface area contributed by atoms with Gasteiger partial charge in [0.2, 0.25) is 65.0 Å². The number of amides is 11. The van der Waals surface area contributed by atoms with Crippen molar-refractivity contribution in [1.29, 1.82) is 0 Å². The van der Waals surface area contributed by atoms with Gasteiger partial charge in [0.15, 0.2) is 0 Å². The Hall–Kier alpha value is -5.82. The van der Waals surface area contributed by atoms with Gasteiger partial charge in [-0.3, -0.25) is 52.7 Å². The zero-order chi connectivity index (χ0) is 72.0. The normalized spacial score (nSPS) is 26.5. The molecule has 0 aliphatic carbocycles. The Balaban J connectivity index is 4.52. The molecule has 5 N–H and O–H groups in total. The number of aliphatic hydroxyl groups excluding tert-OH is 1. The van der Waals surface area contributed by atoms with E-state index in [1.54, 1.807) is 61.5 Å². The van der Waals surface area contributed by atoms with Gasteiger partial charge < -0.3 is 65.6 Å². The minimum absolute atomic E-state index is 0.00945. The molecule has 0 radical (unpaired) electrons. The van der Waals surface area contributed by atoms with Gasteiger partial charge in [-0.15, -0.1) is 0 Å². The Kier molecular flexibility index (Phi) is 36.6. The van der Waals surface area contributed by atoms with Crippen LogP contribution in [0.1, 0.15) is 164 Å². The van der Waals surface area contributed by atoms with Crippen LogP contribution in [0.25, 0.3) is 0 Å². The molecule has 534 valence electrons. The standard InChI is InChI=1S/C68H124N12O12S/c1-27-31-32-45(17)57(81)56-61(85)71-48(28-2)63(87)76(23)52(38-93-34-33-80(29-3)30-4)66(90)77(24)54(43(13)14)60(84)72-53(42(11)12)67(91)73(20)49(35-39(5)6)59(83)69-46(18)58(82)70-47(19)62(86)74(21)50(36-40(7)8)64(88)75(22)51(37-41(9)10)65(89)78(25)55(44(15)16)68(92)79(56)26/h27,31,39-57,81H,28-30,32-38H2,1-26H3,(H,69,83)(H,70,82)(H,71,85)(H,72,84)/t45-,46+,47-,48+,49+,50+,51+,52-,53+,54+,55+,56+,57-/m1/s1.